The fourth-order valence-corrected chi connectivity index (χ4v) is 2.32. The molecule has 0 amide bonds. The van der Waals surface area contributed by atoms with Gasteiger partial charge in [0.1, 0.15) is 17.9 Å². The van der Waals surface area contributed by atoms with Gasteiger partial charge in [-0.2, -0.15) is 5.10 Å². The van der Waals surface area contributed by atoms with Crippen molar-refractivity contribution < 1.29 is 4.74 Å². The molecule has 0 bridgehead atoms. The van der Waals surface area contributed by atoms with Crippen LogP contribution in [0.2, 0.25) is 0 Å². The summed E-state index contributed by atoms with van der Waals surface area (Å²) in [5, 5.41) is 11.6. The predicted octanol–water partition coefficient (Wildman–Crippen LogP) is 2.08. The Hall–Kier alpha value is -1.55. The summed E-state index contributed by atoms with van der Waals surface area (Å²) in [7, 11) is 0. The first kappa shape index (κ1) is 10.6. The van der Waals surface area contributed by atoms with Crippen molar-refractivity contribution in [3.63, 3.8) is 0 Å². The second-order valence-electron chi connectivity index (χ2n) is 4.55. The predicted molar refractivity (Wildman–Crippen MR) is 67.2 cm³/mol. The first-order valence-corrected chi connectivity index (χ1v) is 6.22. The highest BCUT2D eigenvalue weighted by Crippen LogP contribution is 2.23. The highest BCUT2D eigenvalue weighted by atomic mass is 16.5. The summed E-state index contributed by atoms with van der Waals surface area (Å²) in [6.07, 6.45) is 5.61. The van der Waals surface area contributed by atoms with Gasteiger partial charge in [0.05, 0.1) is 6.20 Å². The molecule has 0 radical (unpaired) electrons. The summed E-state index contributed by atoms with van der Waals surface area (Å²) < 4.78 is 5.88. The summed E-state index contributed by atoms with van der Waals surface area (Å²) in [6.45, 7) is 1.85. The van der Waals surface area contributed by atoms with Crippen molar-refractivity contribution in [3.8, 4) is 5.75 Å². The Kier molecular flexibility index (Phi) is 2.96. The number of rotatable bonds is 3. The van der Waals surface area contributed by atoms with Crippen LogP contribution in [0.5, 0.6) is 5.75 Å². The second kappa shape index (κ2) is 4.75. The van der Waals surface area contributed by atoms with Crippen LogP contribution in [-0.4, -0.2) is 29.4 Å². The number of hydrogen-bond acceptors (Lipinski definition) is 3. The zero-order valence-corrected chi connectivity index (χ0v) is 9.78. The Balaban J connectivity index is 1.69. The average Bonchev–Trinajstić information content (AvgIpc) is 2.86. The van der Waals surface area contributed by atoms with E-state index in [1.54, 1.807) is 0 Å². The molecule has 2 N–H and O–H groups in total. The lowest BCUT2D eigenvalue weighted by Gasteiger charge is -2.23. The largest absolute Gasteiger partial charge is 0.490 e. The molecule has 4 heteroatoms. The molecular formula is C13H17N3O. The van der Waals surface area contributed by atoms with Gasteiger partial charge in [0.2, 0.25) is 0 Å². The van der Waals surface area contributed by atoms with E-state index in [0.29, 0.717) is 6.04 Å². The molecule has 0 spiro atoms. The standard InChI is InChI=1S/C13H17N3O/c1-2-7-14-11(5-1)9-17-12-6-3-4-10-8-15-16-13(10)12/h3-4,6,8,11,14H,1-2,5,7,9H2,(H,15,16). The van der Waals surface area contributed by atoms with Crippen LogP contribution in [0, 0.1) is 0 Å². The molecule has 90 valence electrons. The molecular weight excluding hydrogens is 214 g/mol. The van der Waals surface area contributed by atoms with Gasteiger partial charge in [0.25, 0.3) is 0 Å². The molecule has 1 aliphatic rings. The lowest BCUT2D eigenvalue weighted by atomic mass is 10.1. The van der Waals surface area contributed by atoms with Crippen LogP contribution < -0.4 is 10.1 Å². The number of H-pyrrole nitrogens is 1. The second-order valence-corrected chi connectivity index (χ2v) is 4.55. The monoisotopic (exact) mass is 231 g/mol. The number of ether oxygens (including phenoxy) is 1. The van der Waals surface area contributed by atoms with E-state index in [0.717, 1.165) is 29.8 Å². The molecule has 17 heavy (non-hydrogen) atoms. The highest BCUT2D eigenvalue weighted by molar-refractivity contribution is 5.83. The normalized spacial score (nSPS) is 20.6. The van der Waals surface area contributed by atoms with Gasteiger partial charge < -0.3 is 10.1 Å². The van der Waals surface area contributed by atoms with Gasteiger partial charge >= 0.3 is 0 Å². The number of fused-ring (bicyclic) bond motifs is 1. The first-order chi connectivity index (χ1) is 8.43. The molecule has 0 aliphatic carbocycles. The molecule has 1 unspecified atom stereocenters. The summed E-state index contributed by atoms with van der Waals surface area (Å²) in [5.41, 5.74) is 0.989. The molecule has 1 aromatic carbocycles. The van der Waals surface area contributed by atoms with E-state index in [-0.39, 0.29) is 0 Å². The number of hydrogen-bond donors (Lipinski definition) is 2. The third kappa shape index (κ3) is 2.26. The Morgan fingerprint density at radius 2 is 2.35 bits per heavy atom. The van der Waals surface area contributed by atoms with Gasteiger partial charge in [0, 0.05) is 11.4 Å². The van der Waals surface area contributed by atoms with E-state index < -0.39 is 0 Å². The lowest BCUT2D eigenvalue weighted by molar-refractivity contribution is 0.241. The van der Waals surface area contributed by atoms with Crippen molar-refractivity contribution in [2.75, 3.05) is 13.2 Å². The number of nitrogens with zero attached hydrogens (tertiary/aromatic N) is 1. The molecule has 0 saturated carbocycles. The Bertz CT molecular complexity index is 488. The summed E-state index contributed by atoms with van der Waals surface area (Å²) in [5.74, 6) is 0.896. The maximum atomic E-state index is 5.88. The Morgan fingerprint density at radius 1 is 1.35 bits per heavy atom. The Labute approximate surface area is 100 Å². The lowest BCUT2D eigenvalue weighted by Crippen LogP contribution is -2.38. The number of nitrogens with one attached hydrogen (secondary N) is 2. The van der Waals surface area contributed by atoms with E-state index >= 15 is 0 Å². The van der Waals surface area contributed by atoms with E-state index in [2.05, 4.69) is 15.5 Å². The summed E-state index contributed by atoms with van der Waals surface area (Å²) >= 11 is 0. The quantitative estimate of drug-likeness (QED) is 0.850. The first-order valence-electron chi connectivity index (χ1n) is 6.22. The topological polar surface area (TPSA) is 49.9 Å². The van der Waals surface area contributed by atoms with Gasteiger partial charge in [-0.3, -0.25) is 5.10 Å². The highest BCUT2D eigenvalue weighted by Gasteiger charge is 2.13. The van der Waals surface area contributed by atoms with Crippen molar-refractivity contribution in [2.45, 2.75) is 25.3 Å². The number of para-hydroxylation sites is 1. The average molecular weight is 231 g/mol. The number of piperidine rings is 1. The van der Waals surface area contributed by atoms with E-state index in [1.165, 1.54) is 19.3 Å². The smallest absolute Gasteiger partial charge is 0.145 e. The summed E-state index contributed by atoms with van der Waals surface area (Å²) in [6, 6.07) is 6.51. The number of aromatic amines is 1. The minimum atomic E-state index is 0.488. The van der Waals surface area contributed by atoms with Crippen molar-refractivity contribution in [1.29, 1.82) is 0 Å². The molecule has 1 aliphatic heterocycles. The zero-order chi connectivity index (χ0) is 11.5. The Morgan fingerprint density at radius 3 is 3.24 bits per heavy atom. The number of benzene rings is 1. The van der Waals surface area contributed by atoms with Crippen molar-refractivity contribution in [2.24, 2.45) is 0 Å². The van der Waals surface area contributed by atoms with Crippen LogP contribution in [0.4, 0.5) is 0 Å². The van der Waals surface area contributed by atoms with Crippen LogP contribution in [-0.2, 0) is 0 Å². The maximum absolute atomic E-state index is 5.88. The van der Waals surface area contributed by atoms with Crippen molar-refractivity contribution in [1.82, 2.24) is 15.5 Å². The maximum Gasteiger partial charge on any atom is 0.145 e. The third-order valence-electron chi connectivity index (χ3n) is 3.29. The van der Waals surface area contributed by atoms with E-state index in [4.69, 9.17) is 4.74 Å². The van der Waals surface area contributed by atoms with Crippen LogP contribution in [0.1, 0.15) is 19.3 Å². The van der Waals surface area contributed by atoms with Crippen molar-refractivity contribution >= 4 is 10.9 Å². The van der Waals surface area contributed by atoms with Crippen molar-refractivity contribution in [3.05, 3.63) is 24.4 Å². The SMILES string of the molecule is c1cc(OCC2CCCCN2)c2[nH]ncc2c1. The molecule has 2 aromatic rings. The summed E-state index contributed by atoms with van der Waals surface area (Å²) in [4.78, 5) is 0. The fourth-order valence-electron chi connectivity index (χ4n) is 2.32. The van der Waals surface area contributed by atoms with Gasteiger partial charge in [-0.25, -0.2) is 0 Å². The van der Waals surface area contributed by atoms with Crippen LogP contribution in [0.15, 0.2) is 24.4 Å². The minimum Gasteiger partial charge on any atom is -0.490 e. The molecule has 1 aromatic heterocycles. The fraction of sp³-hybridized carbons (Fsp3) is 0.462. The zero-order valence-electron chi connectivity index (χ0n) is 9.78. The molecule has 4 nitrogen and oxygen atoms in total. The number of aromatic nitrogens is 2. The molecule has 2 heterocycles. The molecule has 1 atom stereocenters. The minimum absolute atomic E-state index is 0.488. The van der Waals surface area contributed by atoms with E-state index in [1.807, 2.05) is 24.4 Å². The van der Waals surface area contributed by atoms with Crippen LogP contribution in [0.3, 0.4) is 0 Å². The van der Waals surface area contributed by atoms with Crippen LogP contribution >= 0.6 is 0 Å². The molecule has 1 fully saturated rings. The van der Waals surface area contributed by atoms with Gasteiger partial charge in [-0.15, -0.1) is 0 Å². The van der Waals surface area contributed by atoms with Crippen LogP contribution in [0.25, 0.3) is 10.9 Å². The van der Waals surface area contributed by atoms with Gasteiger partial charge in [-0.1, -0.05) is 18.6 Å². The molecule has 1 saturated heterocycles. The van der Waals surface area contributed by atoms with E-state index in [9.17, 15) is 0 Å². The third-order valence-corrected chi connectivity index (χ3v) is 3.29. The van der Waals surface area contributed by atoms with Gasteiger partial charge in [0.15, 0.2) is 0 Å². The van der Waals surface area contributed by atoms with Gasteiger partial charge in [-0.05, 0) is 25.5 Å². The molecule has 3 rings (SSSR count).